The molecule has 1 aromatic rings. The molecule has 3 nitrogen and oxygen atoms in total. The molecule has 0 radical (unpaired) electrons. The Bertz CT molecular complexity index is 305. The molecule has 3 heteroatoms. The summed E-state index contributed by atoms with van der Waals surface area (Å²) in [6.45, 7) is 9.18. The third-order valence-electron chi connectivity index (χ3n) is 2.35. The number of hydrogen-bond donors (Lipinski definition) is 1. The van der Waals surface area contributed by atoms with Crippen molar-refractivity contribution in [1.29, 1.82) is 0 Å². The van der Waals surface area contributed by atoms with Crippen molar-refractivity contribution in [2.75, 3.05) is 0 Å². The van der Waals surface area contributed by atoms with Gasteiger partial charge in [-0.1, -0.05) is 20.8 Å². The van der Waals surface area contributed by atoms with Gasteiger partial charge in [0, 0.05) is 24.8 Å². The predicted molar refractivity (Wildman–Crippen MR) is 54.5 cm³/mol. The molecule has 0 bridgehead atoms. The lowest BCUT2D eigenvalue weighted by Gasteiger charge is -2.19. The van der Waals surface area contributed by atoms with E-state index in [1.54, 1.807) is 0 Å². The molecule has 0 spiro atoms. The average Bonchev–Trinajstić information content (AvgIpc) is 2.26. The molecule has 13 heavy (non-hydrogen) atoms. The van der Waals surface area contributed by atoms with Crippen LogP contribution < -0.4 is 5.73 Å². The van der Waals surface area contributed by atoms with Gasteiger partial charge in [0.15, 0.2) is 0 Å². The first kappa shape index (κ1) is 10.3. The first-order valence-electron chi connectivity index (χ1n) is 4.61. The summed E-state index contributed by atoms with van der Waals surface area (Å²) >= 11 is 0. The molecule has 0 aromatic carbocycles. The minimum absolute atomic E-state index is 0.132. The molecular formula is C10H19N3. The Morgan fingerprint density at radius 3 is 2.23 bits per heavy atom. The summed E-state index contributed by atoms with van der Waals surface area (Å²) in [6, 6.07) is 0. The minimum atomic E-state index is 0.132. The van der Waals surface area contributed by atoms with Crippen LogP contribution in [0.2, 0.25) is 0 Å². The van der Waals surface area contributed by atoms with Crippen molar-refractivity contribution in [2.24, 2.45) is 12.8 Å². The molecule has 0 aliphatic carbocycles. The summed E-state index contributed by atoms with van der Waals surface area (Å²) < 4.78 is 1.91. The van der Waals surface area contributed by atoms with Crippen LogP contribution >= 0.6 is 0 Å². The molecule has 0 saturated heterocycles. The van der Waals surface area contributed by atoms with Crippen molar-refractivity contribution in [1.82, 2.24) is 9.78 Å². The topological polar surface area (TPSA) is 43.8 Å². The summed E-state index contributed by atoms with van der Waals surface area (Å²) in [6.07, 6.45) is 0. The summed E-state index contributed by atoms with van der Waals surface area (Å²) in [4.78, 5) is 0. The minimum Gasteiger partial charge on any atom is -0.325 e. The van der Waals surface area contributed by atoms with Crippen LogP contribution in [0.25, 0.3) is 0 Å². The van der Waals surface area contributed by atoms with Gasteiger partial charge in [0.1, 0.15) is 0 Å². The Morgan fingerprint density at radius 2 is 1.92 bits per heavy atom. The normalized spacial score (nSPS) is 12.2. The van der Waals surface area contributed by atoms with E-state index >= 15 is 0 Å². The molecule has 0 aliphatic rings. The fourth-order valence-corrected chi connectivity index (χ4v) is 1.80. The average molecular weight is 181 g/mol. The largest absolute Gasteiger partial charge is 0.325 e. The molecule has 2 N–H and O–H groups in total. The van der Waals surface area contributed by atoms with E-state index in [4.69, 9.17) is 5.73 Å². The monoisotopic (exact) mass is 181 g/mol. The van der Waals surface area contributed by atoms with Crippen LogP contribution in [0.15, 0.2) is 0 Å². The Labute approximate surface area is 79.9 Å². The van der Waals surface area contributed by atoms with Gasteiger partial charge in [0.2, 0.25) is 0 Å². The highest BCUT2D eigenvalue weighted by Crippen LogP contribution is 2.28. The molecule has 0 atom stereocenters. The molecule has 1 heterocycles. The van der Waals surface area contributed by atoms with Crippen molar-refractivity contribution in [3.8, 4) is 0 Å². The van der Waals surface area contributed by atoms with E-state index in [9.17, 15) is 0 Å². The Hall–Kier alpha value is -0.830. The predicted octanol–water partition coefficient (Wildman–Crippen LogP) is 1.48. The third-order valence-corrected chi connectivity index (χ3v) is 2.35. The van der Waals surface area contributed by atoms with Crippen LogP contribution in [0.1, 0.15) is 37.7 Å². The highest BCUT2D eigenvalue weighted by Gasteiger charge is 2.23. The van der Waals surface area contributed by atoms with E-state index in [-0.39, 0.29) is 5.41 Å². The lowest BCUT2D eigenvalue weighted by Crippen LogP contribution is -2.16. The number of aromatic nitrogens is 2. The van der Waals surface area contributed by atoms with Gasteiger partial charge in [0.05, 0.1) is 5.69 Å². The van der Waals surface area contributed by atoms with E-state index in [0.29, 0.717) is 6.54 Å². The van der Waals surface area contributed by atoms with Crippen LogP contribution in [-0.2, 0) is 19.0 Å². The smallest absolute Gasteiger partial charge is 0.0800 e. The van der Waals surface area contributed by atoms with Crippen LogP contribution in [-0.4, -0.2) is 9.78 Å². The molecule has 0 unspecified atom stereocenters. The fourth-order valence-electron chi connectivity index (χ4n) is 1.80. The molecular weight excluding hydrogens is 162 g/mol. The van der Waals surface area contributed by atoms with Crippen LogP contribution in [0, 0.1) is 6.92 Å². The summed E-state index contributed by atoms with van der Waals surface area (Å²) in [7, 11) is 1.96. The van der Waals surface area contributed by atoms with Gasteiger partial charge in [-0.25, -0.2) is 0 Å². The Balaban J connectivity index is 3.33. The van der Waals surface area contributed by atoms with Crippen LogP contribution in [0.4, 0.5) is 0 Å². The molecule has 1 aromatic heterocycles. The van der Waals surface area contributed by atoms with E-state index in [1.165, 1.54) is 11.3 Å². The lowest BCUT2D eigenvalue weighted by molar-refractivity contribution is 0.577. The lowest BCUT2D eigenvalue weighted by atomic mass is 9.85. The maximum atomic E-state index is 5.65. The first-order chi connectivity index (χ1) is 5.88. The summed E-state index contributed by atoms with van der Waals surface area (Å²) in [5, 5.41) is 4.39. The molecule has 74 valence electrons. The van der Waals surface area contributed by atoms with Gasteiger partial charge in [-0.3, -0.25) is 4.68 Å². The van der Waals surface area contributed by atoms with Gasteiger partial charge in [-0.2, -0.15) is 5.10 Å². The second-order valence-corrected chi connectivity index (χ2v) is 4.48. The van der Waals surface area contributed by atoms with Gasteiger partial charge in [-0.15, -0.1) is 0 Å². The van der Waals surface area contributed by atoms with Crippen molar-refractivity contribution < 1.29 is 0 Å². The van der Waals surface area contributed by atoms with Gasteiger partial charge in [0.25, 0.3) is 0 Å². The second-order valence-electron chi connectivity index (χ2n) is 4.48. The number of aryl methyl sites for hydroxylation is 1. The van der Waals surface area contributed by atoms with E-state index in [0.717, 1.165) is 5.69 Å². The maximum Gasteiger partial charge on any atom is 0.0800 e. The summed E-state index contributed by atoms with van der Waals surface area (Å²) in [5.74, 6) is 0. The van der Waals surface area contributed by atoms with E-state index in [2.05, 4.69) is 32.8 Å². The Kier molecular flexibility index (Phi) is 2.48. The molecule has 0 amide bonds. The number of nitrogens with zero attached hydrogens (tertiary/aromatic N) is 2. The second kappa shape index (κ2) is 3.14. The number of rotatable bonds is 1. The maximum absolute atomic E-state index is 5.65. The highest BCUT2D eigenvalue weighted by atomic mass is 15.3. The van der Waals surface area contributed by atoms with Crippen molar-refractivity contribution in [3.63, 3.8) is 0 Å². The van der Waals surface area contributed by atoms with Gasteiger partial charge in [-0.05, 0) is 12.3 Å². The van der Waals surface area contributed by atoms with E-state index < -0.39 is 0 Å². The zero-order valence-electron chi connectivity index (χ0n) is 9.18. The first-order valence-corrected chi connectivity index (χ1v) is 4.61. The molecule has 1 rings (SSSR count). The highest BCUT2D eigenvalue weighted by molar-refractivity contribution is 5.32. The standard InChI is InChI=1S/C10H19N3/c1-7-9(10(2,3)4)8(6-11)12-13(7)5/h6,11H2,1-5H3. The third kappa shape index (κ3) is 1.75. The summed E-state index contributed by atoms with van der Waals surface area (Å²) in [5.41, 5.74) is 9.31. The van der Waals surface area contributed by atoms with Gasteiger partial charge >= 0.3 is 0 Å². The van der Waals surface area contributed by atoms with Crippen molar-refractivity contribution >= 4 is 0 Å². The van der Waals surface area contributed by atoms with Crippen molar-refractivity contribution in [3.05, 3.63) is 17.0 Å². The number of hydrogen-bond acceptors (Lipinski definition) is 2. The van der Waals surface area contributed by atoms with E-state index in [1.807, 2.05) is 11.7 Å². The molecule has 0 fully saturated rings. The fraction of sp³-hybridized carbons (Fsp3) is 0.700. The van der Waals surface area contributed by atoms with Crippen molar-refractivity contribution in [2.45, 2.75) is 39.7 Å². The number of nitrogens with two attached hydrogens (primary N) is 1. The molecule has 0 saturated carbocycles. The quantitative estimate of drug-likeness (QED) is 0.713. The SMILES string of the molecule is Cc1c(C(C)(C)C)c(CN)nn1C. The molecule has 0 aliphatic heterocycles. The zero-order valence-corrected chi connectivity index (χ0v) is 9.18. The van der Waals surface area contributed by atoms with Crippen LogP contribution in [0.3, 0.4) is 0 Å². The Morgan fingerprint density at radius 1 is 1.38 bits per heavy atom. The zero-order chi connectivity index (χ0) is 10.2. The van der Waals surface area contributed by atoms with Crippen LogP contribution in [0.5, 0.6) is 0 Å². The van der Waals surface area contributed by atoms with Gasteiger partial charge < -0.3 is 5.73 Å².